The number of aromatic nitrogens is 5. The molecule has 21 heavy (non-hydrogen) atoms. The molecule has 0 fully saturated rings. The van der Waals surface area contributed by atoms with Crippen LogP contribution in [0.25, 0.3) is 16.7 Å². The summed E-state index contributed by atoms with van der Waals surface area (Å²) in [6.45, 7) is 4.79. The fourth-order valence-corrected chi connectivity index (χ4v) is 3.07. The molecule has 2 aromatic heterocycles. The normalized spacial score (nSPS) is 11.7. The lowest BCUT2D eigenvalue weighted by Crippen LogP contribution is -2.21. The Bertz CT molecular complexity index is 781. The van der Waals surface area contributed by atoms with E-state index in [0.29, 0.717) is 39.4 Å². The van der Waals surface area contributed by atoms with E-state index in [2.05, 4.69) is 38.2 Å². The third-order valence-electron chi connectivity index (χ3n) is 2.88. The molecule has 3 rings (SSSR count). The van der Waals surface area contributed by atoms with Crippen LogP contribution < -0.4 is 5.32 Å². The fraction of sp³-hybridized carbons (Fsp3) is 0.333. The monoisotopic (exact) mass is 342 g/mol. The highest BCUT2D eigenvalue weighted by atomic mass is 35.5. The van der Waals surface area contributed by atoms with Gasteiger partial charge in [0.25, 0.3) is 0 Å². The molecule has 6 nitrogen and oxygen atoms in total. The van der Waals surface area contributed by atoms with Crippen molar-refractivity contribution in [1.82, 2.24) is 29.1 Å². The van der Waals surface area contributed by atoms with Crippen LogP contribution in [0.4, 0.5) is 0 Å². The average molecular weight is 343 g/mol. The zero-order chi connectivity index (χ0) is 15.0. The van der Waals surface area contributed by atoms with Gasteiger partial charge in [0.2, 0.25) is 0 Å². The maximum atomic E-state index is 6.28. The topological polar surface area (TPSA) is 68.5 Å². The largest absolute Gasteiger partial charge is 0.309 e. The van der Waals surface area contributed by atoms with Crippen molar-refractivity contribution >= 4 is 46.0 Å². The summed E-state index contributed by atoms with van der Waals surface area (Å²) in [5, 5.41) is 12.5. The minimum Gasteiger partial charge on any atom is -0.309 e. The molecule has 1 aromatic carbocycles. The maximum absolute atomic E-state index is 6.28. The van der Waals surface area contributed by atoms with E-state index in [4.69, 9.17) is 23.2 Å². The van der Waals surface area contributed by atoms with Gasteiger partial charge in [0.05, 0.1) is 33.7 Å². The van der Waals surface area contributed by atoms with Crippen LogP contribution in [0.1, 0.15) is 19.5 Å². The summed E-state index contributed by atoms with van der Waals surface area (Å²) in [6.07, 6.45) is 1.82. The lowest BCUT2D eigenvalue weighted by Gasteiger charge is -2.05. The van der Waals surface area contributed by atoms with Crippen LogP contribution in [0, 0.1) is 0 Å². The van der Waals surface area contributed by atoms with E-state index >= 15 is 0 Å². The van der Waals surface area contributed by atoms with Crippen molar-refractivity contribution in [3.63, 3.8) is 0 Å². The van der Waals surface area contributed by atoms with Crippen LogP contribution in [-0.4, -0.2) is 29.8 Å². The highest BCUT2D eigenvalue weighted by Crippen LogP contribution is 2.33. The zero-order valence-electron chi connectivity index (χ0n) is 11.3. The van der Waals surface area contributed by atoms with Gasteiger partial charge in [0.15, 0.2) is 0 Å². The Morgan fingerprint density at radius 2 is 2.00 bits per heavy atom. The second-order valence-corrected chi connectivity index (χ2v) is 6.18. The highest BCUT2D eigenvalue weighted by molar-refractivity contribution is 7.00. The fourth-order valence-electron chi connectivity index (χ4n) is 1.88. The second-order valence-electron chi connectivity index (χ2n) is 4.84. The summed E-state index contributed by atoms with van der Waals surface area (Å²) in [5.41, 5.74) is 2.73. The SMILES string of the molecule is CC(C)NCc1cn(-c2c(Cl)cc(Cl)c3nsnc23)nn1. The molecule has 0 aliphatic rings. The third kappa shape index (κ3) is 2.87. The van der Waals surface area contributed by atoms with Crippen LogP contribution in [0.2, 0.25) is 10.0 Å². The molecule has 3 aromatic rings. The van der Waals surface area contributed by atoms with Crippen molar-refractivity contribution in [3.05, 3.63) is 28.0 Å². The Balaban J connectivity index is 2.03. The number of rotatable bonds is 4. The smallest absolute Gasteiger partial charge is 0.133 e. The molecule has 1 N–H and O–H groups in total. The molecule has 0 amide bonds. The first-order chi connectivity index (χ1) is 10.1. The van der Waals surface area contributed by atoms with Crippen LogP contribution in [0.5, 0.6) is 0 Å². The molecular weight excluding hydrogens is 331 g/mol. The van der Waals surface area contributed by atoms with Gasteiger partial charge >= 0.3 is 0 Å². The lowest BCUT2D eigenvalue weighted by molar-refractivity contribution is 0.580. The standard InChI is InChI=1S/C12H12Cl2N6S/c1-6(2)15-4-7-5-20(19-16-7)12-9(14)3-8(13)10-11(12)18-21-17-10/h3,5-6,15H,4H2,1-2H3. The number of nitrogens with zero attached hydrogens (tertiary/aromatic N) is 5. The van der Waals surface area contributed by atoms with Gasteiger partial charge in [-0.05, 0) is 6.07 Å². The molecule has 0 aliphatic carbocycles. The second kappa shape index (κ2) is 5.84. The molecule has 0 atom stereocenters. The first kappa shape index (κ1) is 14.6. The molecule has 110 valence electrons. The van der Waals surface area contributed by atoms with Gasteiger partial charge in [-0.3, -0.25) is 0 Å². The maximum Gasteiger partial charge on any atom is 0.133 e. The van der Waals surface area contributed by atoms with Gasteiger partial charge < -0.3 is 5.32 Å². The van der Waals surface area contributed by atoms with Crippen LogP contribution in [0.3, 0.4) is 0 Å². The van der Waals surface area contributed by atoms with E-state index in [-0.39, 0.29) is 0 Å². The molecule has 0 saturated heterocycles. The number of nitrogens with one attached hydrogen (secondary N) is 1. The van der Waals surface area contributed by atoms with Crippen molar-refractivity contribution in [3.8, 4) is 5.69 Å². The number of halogens is 2. The number of hydrogen-bond donors (Lipinski definition) is 1. The molecule has 0 aliphatic heterocycles. The summed E-state index contributed by atoms with van der Waals surface area (Å²) >= 11 is 13.5. The summed E-state index contributed by atoms with van der Waals surface area (Å²) < 4.78 is 10.0. The average Bonchev–Trinajstić information content (AvgIpc) is 3.05. The predicted molar refractivity (Wildman–Crippen MR) is 84.3 cm³/mol. The van der Waals surface area contributed by atoms with E-state index in [9.17, 15) is 0 Å². The van der Waals surface area contributed by atoms with Gasteiger partial charge in [-0.1, -0.05) is 42.3 Å². The molecule has 0 spiro atoms. The van der Waals surface area contributed by atoms with Gasteiger partial charge in [-0.25, -0.2) is 4.68 Å². The Hall–Kier alpha value is -1.28. The van der Waals surface area contributed by atoms with Crippen molar-refractivity contribution < 1.29 is 0 Å². The quantitative estimate of drug-likeness (QED) is 0.788. The number of fused-ring (bicyclic) bond motifs is 1. The number of hydrogen-bond acceptors (Lipinski definition) is 6. The Morgan fingerprint density at radius 3 is 2.76 bits per heavy atom. The van der Waals surface area contributed by atoms with Crippen LogP contribution >= 0.6 is 34.9 Å². The van der Waals surface area contributed by atoms with E-state index < -0.39 is 0 Å². The summed E-state index contributed by atoms with van der Waals surface area (Å²) in [5.74, 6) is 0. The van der Waals surface area contributed by atoms with Gasteiger partial charge in [0.1, 0.15) is 16.7 Å². The number of benzene rings is 1. The van der Waals surface area contributed by atoms with Crippen LogP contribution in [-0.2, 0) is 6.54 Å². The van der Waals surface area contributed by atoms with Gasteiger partial charge in [-0.2, -0.15) is 8.75 Å². The molecule has 0 unspecified atom stereocenters. The molecular formula is C12H12Cl2N6S. The minimum absolute atomic E-state index is 0.378. The van der Waals surface area contributed by atoms with E-state index in [1.807, 2.05) is 6.20 Å². The molecule has 2 heterocycles. The van der Waals surface area contributed by atoms with Gasteiger partial charge in [-0.15, -0.1) is 5.10 Å². The molecule has 9 heteroatoms. The Morgan fingerprint density at radius 1 is 1.24 bits per heavy atom. The Labute approximate surface area is 135 Å². The summed E-state index contributed by atoms with van der Waals surface area (Å²) in [7, 11) is 0. The third-order valence-corrected chi connectivity index (χ3v) is 3.98. The lowest BCUT2D eigenvalue weighted by atomic mass is 10.2. The van der Waals surface area contributed by atoms with Gasteiger partial charge in [0, 0.05) is 12.6 Å². The summed E-state index contributed by atoms with van der Waals surface area (Å²) in [4.78, 5) is 0. The molecule has 0 saturated carbocycles. The Kier molecular flexibility index (Phi) is 4.08. The minimum atomic E-state index is 0.378. The first-order valence-electron chi connectivity index (χ1n) is 6.31. The summed E-state index contributed by atoms with van der Waals surface area (Å²) in [6, 6.07) is 2.03. The predicted octanol–water partition coefficient (Wildman–Crippen LogP) is 3.08. The first-order valence-corrected chi connectivity index (χ1v) is 7.80. The van der Waals surface area contributed by atoms with E-state index in [0.717, 1.165) is 17.4 Å². The molecule has 0 radical (unpaired) electrons. The van der Waals surface area contributed by atoms with E-state index in [1.165, 1.54) is 0 Å². The van der Waals surface area contributed by atoms with Crippen molar-refractivity contribution in [2.45, 2.75) is 26.4 Å². The molecule has 0 bridgehead atoms. The zero-order valence-corrected chi connectivity index (χ0v) is 13.7. The van der Waals surface area contributed by atoms with Crippen molar-refractivity contribution in [2.24, 2.45) is 0 Å². The van der Waals surface area contributed by atoms with Crippen LogP contribution in [0.15, 0.2) is 12.3 Å². The van der Waals surface area contributed by atoms with Crippen molar-refractivity contribution in [1.29, 1.82) is 0 Å². The van der Waals surface area contributed by atoms with E-state index in [1.54, 1.807) is 10.7 Å². The highest BCUT2D eigenvalue weighted by Gasteiger charge is 2.17. The van der Waals surface area contributed by atoms with Crippen molar-refractivity contribution in [2.75, 3.05) is 0 Å².